The van der Waals surface area contributed by atoms with Crippen molar-refractivity contribution in [1.29, 1.82) is 0 Å². The molecule has 0 aliphatic rings. The van der Waals surface area contributed by atoms with Crippen molar-refractivity contribution in [2.75, 3.05) is 23.7 Å². The fraction of sp³-hybridized carbons (Fsp3) is 0.391. The van der Waals surface area contributed by atoms with E-state index < -0.39 is 34.3 Å². The maximum atomic E-state index is 14.3. The Kier molecular flexibility index (Phi) is 8.77. The van der Waals surface area contributed by atoms with Crippen LogP contribution in [0.15, 0.2) is 48.5 Å². The number of aryl methyl sites for hydroxylation is 1. The van der Waals surface area contributed by atoms with Crippen LogP contribution in [0.5, 0.6) is 0 Å². The smallest absolute Gasteiger partial charge is 0.244 e. The fourth-order valence-corrected chi connectivity index (χ4v) is 3.97. The standard InChI is InChI=1S/C23H30FN3O4S/c1-5-14-25-23(29)18(3)26(15-19-12-10-17(2)11-13-19)22(28)16-27(32(4,30)31)21-9-7-6-8-20(21)24/h6-13,18H,5,14-16H2,1-4H3,(H,25,29)/t18-/m1/s1. The van der Waals surface area contributed by atoms with Crippen LogP contribution in [0.1, 0.15) is 31.4 Å². The summed E-state index contributed by atoms with van der Waals surface area (Å²) in [7, 11) is -3.96. The summed E-state index contributed by atoms with van der Waals surface area (Å²) in [5.41, 5.74) is 1.61. The Morgan fingerprint density at radius 2 is 1.72 bits per heavy atom. The zero-order chi connectivity index (χ0) is 23.9. The number of hydrogen-bond donors (Lipinski definition) is 1. The van der Waals surface area contributed by atoms with Gasteiger partial charge < -0.3 is 10.2 Å². The van der Waals surface area contributed by atoms with Gasteiger partial charge in [-0.3, -0.25) is 13.9 Å². The van der Waals surface area contributed by atoms with E-state index in [0.29, 0.717) is 6.54 Å². The zero-order valence-corrected chi connectivity index (χ0v) is 19.7. The lowest BCUT2D eigenvalue weighted by molar-refractivity contribution is -0.139. The molecular formula is C23H30FN3O4S. The van der Waals surface area contributed by atoms with Crippen molar-refractivity contribution in [1.82, 2.24) is 10.2 Å². The molecule has 0 fully saturated rings. The molecule has 0 saturated heterocycles. The Morgan fingerprint density at radius 1 is 1.09 bits per heavy atom. The number of benzene rings is 2. The Labute approximate surface area is 189 Å². The minimum atomic E-state index is -3.96. The van der Waals surface area contributed by atoms with Gasteiger partial charge in [-0.1, -0.05) is 48.9 Å². The van der Waals surface area contributed by atoms with Gasteiger partial charge in [0.05, 0.1) is 11.9 Å². The number of amides is 2. The summed E-state index contributed by atoms with van der Waals surface area (Å²) < 4.78 is 39.8. The van der Waals surface area contributed by atoms with Gasteiger partial charge in [0, 0.05) is 13.1 Å². The van der Waals surface area contributed by atoms with Gasteiger partial charge in [-0.05, 0) is 38.0 Å². The van der Waals surface area contributed by atoms with Crippen molar-refractivity contribution in [2.24, 2.45) is 0 Å². The highest BCUT2D eigenvalue weighted by Gasteiger charge is 2.30. The molecule has 2 amide bonds. The molecule has 1 N–H and O–H groups in total. The van der Waals surface area contributed by atoms with Crippen molar-refractivity contribution in [3.05, 3.63) is 65.5 Å². The third-order valence-corrected chi connectivity index (χ3v) is 6.12. The van der Waals surface area contributed by atoms with Gasteiger partial charge in [-0.15, -0.1) is 0 Å². The van der Waals surface area contributed by atoms with Crippen LogP contribution in [-0.4, -0.2) is 50.5 Å². The number of halogens is 1. The molecule has 9 heteroatoms. The summed E-state index contributed by atoms with van der Waals surface area (Å²) in [6, 6.07) is 12.0. The second-order valence-electron chi connectivity index (χ2n) is 7.70. The monoisotopic (exact) mass is 463 g/mol. The van der Waals surface area contributed by atoms with Crippen LogP contribution >= 0.6 is 0 Å². The first-order valence-corrected chi connectivity index (χ1v) is 12.2. The van der Waals surface area contributed by atoms with E-state index in [0.717, 1.165) is 34.2 Å². The molecule has 0 aromatic heterocycles. The van der Waals surface area contributed by atoms with Crippen LogP contribution in [0, 0.1) is 12.7 Å². The molecule has 2 aromatic carbocycles. The van der Waals surface area contributed by atoms with Gasteiger partial charge >= 0.3 is 0 Å². The SMILES string of the molecule is CCCNC(=O)[C@@H](C)N(Cc1ccc(C)cc1)C(=O)CN(c1ccccc1F)S(C)(=O)=O. The summed E-state index contributed by atoms with van der Waals surface area (Å²) >= 11 is 0. The number of para-hydroxylation sites is 1. The first-order valence-electron chi connectivity index (χ1n) is 10.4. The molecule has 0 aliphatic heterocycles. The normalized spacial score (nSPS) is 12.2. The van der Waals surface area contributed by atoms with Gasteiger partial charge in [0.2, 0.25) is 21.8 Å². The molecule has 0 radical (unpaired) electrons. The summed E-state index contributed by atoms with van der Waals surface area (Å²) in [5, 5.41) is 2.76. The Balaban J connectivity index is 2.37. The van der Waals surface area contributed by atoms with Gasteiger partial charge in [-0.2, -0.15) is 0 Å². The largest absolute Gasteiger partial charge is 0.354 e. The van der Waals surface area contributed by atoms with Crippen molar-refractivity contribution >= 4 is 27.5 Å². The highest BCUT2D eigenvalue weighted by Crippen LogP contribution is 2.22. The highest BCUT2D eigenvalue weighted by molar-refractivity contribution is 7.92. The zero-order valence-electron chi connectivity index (χ0n) is 18.8. The van der Waals surface area contributed by atoms with Crippen LogP contribution < -0.4 is 9.62 Å². The molecule has 2 rings (SSSR count). The third-order valence-electron chi connectivity index (χ3n) is 4.99. The first kappa shape index (κ1) is 25.3. The molecule has 0 unspecified atom stereocenters. The van der Waals surface area contributed by atoms with E-state index in [1.807, 2.05) is 38.1 Å². The molecule has 2 aromatic rings. The number of carbonyl (C=O) groups is 2. The predicted molar refractivity (Wildman–Crippen MR) is 123 cm³/mol. The van der Waals surface area contributed by atoms with Crippen molar-refractivity contribution in [3.63, 3.8) is 0 Å². The van der Waals surface area contributed by atoms with E-state index in [-0.39, 0.29) is 18.1 Å². The van der Waals surface area contributed by atoms with Crippen LogP contribution in [-0.2, 0) is 26.2 Å². The van der Waals surface area contributed by atoms with Crippen molar-refractivity contribution in [3.8, 4) is 0 Å². The number of hydrogen-bond acceptors (Lipinski definition) is 4. The summed E-state index contributed by atoms with van der Waals surface area (Å²) in [6.45, 7) is 5.38. The Bertz CT molecular complexity index is 1040. The molecule has 32 heavy (non-hydrogen) atoms. The first-order chi connectivity index (χ1) is 15.0. The molecule has 0 spiro atoms. The van der Waals surface area contributed by atoms with Crippen molar-refractivity contribution in [2.45, 2.75) is 39.8 Å². The quantitative estimate of drug-likeness (QED) is 0.587. The number of nitrogens with zero attached hydrogens (tertiary/aromatic N) is 2. The van der Waals surface area contributed by atoms with Crippen LogP contribution in [0.4, 0.5) is 10.1 Å². The van der Waals surface area contributed by atoms with Gasteiger partial charge in [0.15, 0.2) is 0 Å². The molecule has 0 bridgehead atoms. The second-order valence-corrected chi connectivity index (χ2v) is 9.60. The molecule has 0 aliphatic carbocycles. The Hall–Kier alpha value is -2.94. The van der Waals surface area contributed by atoms with Crippen LogP contribution in [0.25, 0.3) is 0 Å². The number of anilines is 1. The van der Waals surface area contributed by atoms with Gasteiger partial charge in [0.25, 0.3) is 0 Å². The average Bonchev–Trinajstić information content (AvgIpc) is 2.74. The molecular weight excluding hydrogens is 433 g/mol. The minimum absolute atomic E-state index is 0.106. The van der Waals surface area contributed by atoms with Gasteiger partial charge in [-0.25, -0.2) is 12.8 Å². The molecule has 0 heterocycles. The lowest BCUT2D eigenvalue weighted by atomic mass is 10.1. The molecule has 1 atom stereocenters. The van der Waals surface area contributed by atoms with E-state index >= 15 is 0 Å². The van der Waals surface area contributed by atoms with Crippen LogP contribution in [0.2, 0.25) is 0 Å². The topological polar surface area (TPSA) is 86.8 Å². The number of sulfonamides is 1. The summed E-state index contributed by atoms with van der Waals surface area (Å²) in [6.07, 6.45) is 1.65. The maximum Gasteiger partial charge on any atom is 0.244 e. The maximum absolute atomic E-state index is 14.3. The van der Waals surface area contributed by atoms with E-state index in [2.05, 4.69) is 5.32 Å². The number of nitrogens with one attached hydrogen (secondary N) is 1. The molecule has 0 saturated carbocycles. The average molecular weight is 464 g/mol. The number of rotatable bonds is 10. The van der Waals surface area contributed by atoms with E-state index in [1.54, 1.807) is 6.92 Å². The summed E-state index contributed by atoms with van der Waals surface area (Å²) in [5.74, 6) is -1.72. The van der Waals surface area contributed by atoms with E-state index in [4.69, 9.17) is 0 Å². The molecule has 7 nitrogen and oxygen atoms in total. The van der Waals surface area contributed by atoms with E-state index in [1.165, 1.54) is 23.1 Å². The second kappa shape index (κ2) is 11.1. The fourth-order valence-electron chi connectivity index (χ4n) is 3.12. The number of carbonyl (C=O) groups excluding carboxylic acids is 2. The lowest BCUT2D eigenvalue weighted by Gasteiger charge is -2.31. The summed E-state index contributed by atoms with van der Waals surface area (Å²) in [4.78, 5) is 27.2. The predicted octanol–water partition coefficient (Wildman–Crippen LogP) is 2.84. The van der Waals surface area contributed by atoms with Crippen LogP contribution in [0.3, 0.4) is 0 Å². The minimum Gasteiger partial charge on any atom is -0.354 e. The highest BCUT2D eigenvalue weighted by atomic mass is 32.2. The Morgan fingerprint density at radius 3 is 2.28 bits per heavy atom. The molecule has 174 valence electrons. The third kappa shape index (κ3) is 6.78. The van der Waals surface area contributed by atoms with Gasteiger partial charge in [0.1, 0.15) is 18.4 Å². The lowest BCUT2D eigenvalue weighted by Crippen LogP contribution is -2.51. The van der Waals surface area contributed by atoms with E-state index in [9.17, 15) is 22.4 Å². The van der Waals surface area contributed by atoms with Crippen molar-refractivity contribution < 1.29 is 22.4 Å².